The minimum atomic E-state index is -4.09. The molecule has 3 aromatic rings. The lowest BCUT2D eigenvalue weighted by Gasteiger charge is -2.34. The SMILES string of the molecule is CC[C@H](C(=O)NC(C)(C)C)N(Cc1ccc(Cl)cc1)C(=O)CN(c1ccc(I)cc1)S(=O)(=O)c1ccccc1. The number of sulfonamides is 1. The predicted octanol–water partition coefficient (Wildman–Crippen LogP) is 5.86. The van der Waals surface area contributed by atoms with Crippen LogP contribution in [0.3, 0.4) is 0 Å². The van der Waals surface area contributed by atoms with Gasteiger partial charge in [-0.2, -0.15) is 0 Å². The van der Waals surface area contributed by atoms with E-state index in [1.807, 2.05) is 27.7 Å². The van der Waals surface area contributed by atoms with Crippen LogP contribution in [-0.4, -0.2) is 43.3 Å². The van der Waals surface area contributed by atoms with Crippen molar-refractivity contribution in [3.05, 3.63) is 93.0 Å². The number of nitrogens with zero attached hydrogens (tertiary/aromatic N) is 2. The molecule has 0 aromatic heterocycles. The molecule has 0 heterocycles. The lowest BCUT2D eigenvalue weighted by molar-refractivity contribution is -0.141. The molecule has 2 amide bonds. The second-order valence-corrected chi connectivity index (χ2v) is 13.7. The largest absolute Gasteiger partial charge is 0.350 e. The van der Waals surface area contributed by atoms with Gasteiger partial charge >= 0.3 is 0 Å². The Hall–Kier alpha value is -2.63. The predicted molar refractivity (Wildman–Crippen MR) is 164 cm³/mol. The van der Waals surface area contributed by atoms with Crippen molar-refractivity contribution in [2.24, 2.45) is 0 Å². The Morgan fingerprint density at radius 2 is 1.54 bits per heavy atom. The monoisotopic (exact) mass is 681 g/mol. The number of halogens is 2. The Morgan fingerprint density at radius 1 is 0.949 bits per heavy atom. The van der Waals surface area contributed by atoms with Crippen LogP contribution in [0.15, 0.2) is 83.8 Å². The highest BCUT2D eigenvalue weighted by Crippen LogP contribution is 2.26. The normalized spacial score (nSPS) is 12.5. The Labute approximate surface area is 249 Å². The number of carbonyl (C=O) groups is 2. The number of carbonyl (C=O) groups excluding carboxylic acids is 2. The molecule has 1 atom stereocenters. The van der Waals surface area contributed by atoms with Gasteiger partial charge in [0.15, 0.2) is 0 Å². The lowest BCUT2D eigenvalue weighted by atomic mass is 10.1. The molecule has 0 unspecified atom stereocenters. The van der Waals surface area contributed by atoms with Gasteiger partial charge in [0.1, 0.15) is 12.6 Å². The van der Waals surface area contributed by atoms with Crippen molar-refractivity contribution >= 4 is 61.7 Å². The summed E-state index contributed by atoms with van der Waals surface area (Å²) in [7, 11) is -4.09. The van der Waals surface area contributed by atoms with Crippen LogP contribution >= 0.6 is 34.2 Å². The molecule has 208 valence electrons. The fraction of sp³-hybridized carbons (Fsp3) is 0.310. The number of hydrogen-bond acceptors (Lipinski definition) is 4. The average molecular weight is 682 g/mol. The first-order chi connectivity index (χ1) is 18.3. The molecule has 39 heavy (non-hydrogen) atoms. The maximum Gasteiger partial charge on any atom is 0.264 e. The summed E-state index contributed by atoms with van der Waals surface area (Å²) in [5.41, 5.74) is 0.608. The summed E-state index contributed by atoms with van der Waals surface area (Å²) in [5, 5.41) is 3.51. The molecule has 3 aromatic carbocycles. The quantitative estimate of drug-likeness (QED) is 0.272. The van der Waals surface area contributed by atoms with Crippen LogP contribution in [0, 0.1) is 3.57 Å². The highest BCUT2D eigenvalue weighted by atomic mass is 127. The van der Waals surface area contributed by atoms with Crippen LogP contribution in [-0.2, 0) is 26.2 Å². The zero-order valence-electron chi connectivity index (χ0n) is 22.4. The molecule has 0 fully saturated rings. The van der Waals surface area contributed by atoms with Crippen LogP contribution < -0.4 is 9.62 Å². The number of nitrogens with one attached hydrogen (secondary N) is 1. The van der Waals surface area contributed by atoms with Crippen LogP contribution in [0.2, 0.25) is 5.02 Å². The molecule has 0 aliphatic carbocycles. The Balaban J connectivity index is 2.05. The van der Waals surface area contributed by atoms with E-state index >= 15 is 0 Å². The van der Waals surface area contributed by atoms with Gasteiger partial charge in [-0.05, 0) is 104 Å². The van der Waals surface area contributed by atoms with Crippen molar-refractivity contribution < 1.29 is 18.0 Å². The third kappa shape index (κ3) is 8.43. The molecular formula is C29H33ClIN3O4S. The fourth-order valence-electron chi connectivity index (χ4n) is 4.01. The lowest BCUT2D eigenvalue weighted by Crippen LogP contribution is -2.55. The minimum Gasteiger partial charge on any atom is -0.350 e. The first-order valence-corrected chi connectivity index (χ1v) is 15.4. The van der Waals surface area contributed by atoms with Crippen molar-refractivity contribution in [3.8, 4) is 0 Å². The van der Waals surface area contributed by atoms with E-state index in [0.29, 0.717) is 17.1 Å². The Morgan fingerprint density at radius 3 is 2.08 bits per heavy atom. The average Bonchev–Trinajstić information content (AvgIpc) is 2.88. The Kier molecular flexibility index (Phi) is 10.4. The number of amides is 2. The molecule has 10 heteroatoms. The van der Waals surface area contributed by atoms with Gasteiger partial charge in [0.05, 0.1) is 10.6 Å². The van der Waals surface area contributed by atoms with E-state index in [1.54, 1.807) is 66.7 Å². The van der Waals surface area contributed by atoms with Gasteiger partial charge < -0.3 is 10.2 Å². The van der Waals surface area contributed by atoms with Crippen LogP contribution in [0.4, 0.5) is 5.69 Å². The van der Waals surface area contributed by atoms with Crippen molar-refractivity contribution in [2.45, 2.75) is 57.1 Å². The molecule has 0 spiro atoms. The number of hydrogen-bond donors (Lipinski definition) is 1. The number of anilines is 1. The maximum atomic E-state index is 14.0. The molecule has 0 aliphatic rings. The molecule has 3 rings (SSSR count). The van der Waals surface area contributed by atoms with E-state index in [1.165, 1.54) is 17.0 Å². The van der Waals surface area contributed by atoms with E-state index in [0.717, 1.165) is 13.4 Å². The fourth-order valence-corrected chi connectivity index (χ4v) is 5.94. The molecule has 0 aliphatic heterocycles. The smallest absolute Gasteiger partial charge is 0.264 e. The summed E-state index contributed by atoms with van der Waals surface area (Å²) in [4.78, 5) is 28.9. The zero-order chi connectivity index (χ0) is 28.8. The van der Waals surface area contributed by atoms with Crippen molar-refractivity contribution in [1.82, 2.24) is 10.2 Å². The highest BCUT2D eigenvalue weighted by Gasteiger charge is 2.34. The summed E-state index contributed by atoms with van der Waals surface area (Å²) in [6.45, 7) is 7.06. The molecule has 7 nitrogen and oxygen atoms in total. The summed E-state index contributed by atoms with van der Waals surface area (Å²) >= 11 is 8.20. The second kappa shape index (κ2) is 13.1. The molecule has 0 saturated heterocycles. The highest BCUT2D eigenvalue weighted by molar-refractivity contribution is 14.1. The van der Waals surface area contributed by atoms with E-state index in [-0.39, 0.29) is 17.3 Å². The Bertz CT molecular complexity index is 1380. The number of rotatable bonds is 10. The molecule has 0 saturated carbocycles. The summed E-state index contributed by atoms with van der Waals surface area (Å²) in [6.07, 6.45) is 0.343. The zero-order valence-corrected chi connectivity index (χ0v) is 26.1. The third-order valence-electron chi connectivity index (χ3n) is 5.87. The van der Waals surface area contributed by atoms with Gasteiger partial charge in [-0.25, -0.2) is 8.42 Å². The first kappa shape index (κ1) is 30.9. The second-order valence-electron chi connectivity index (χ2n) is 10.1. The maximum absolute atomic E-state index is 14.0. The molecule has 1 N–H and O–H groups in total. The van der Waals surface area contributed by atoms with Crippen molar-refractivity contribution in [2.75, 3.05) is 10.8 Å². The molecule has 0 radical (unpaired) electrons. The van der Waals surface area contributed by atoms with Crippen LogP contribution in [0.25, 0.3) is 0 Å². The van der Waals surface area contributed by atoms with E-state index < -0.39 is 34.1 Å². The molecular weight excluding hydrogens is 649 g/mol. The van der Waals surface area contributed by atoms with E-state index in [9.17, 15) is 18.0 Å². The first-order valence-electron chi connectivity index (χ1n) is 12.5. The minimum absolute atomic E-state index is 0.0677. The standard InChI is InChI=1S/C29H33ClIN3O4S/c1-5-26(28(36)32-29(2,3)4)33(19-21-11-13-22(30)14-12-21)27(35)20-34(24-17-15-23(31)16-18-24)39(37,38)25-9-7-6-8-10-25/h6-18,26H,5,19-20H2,1-4H3,(H,32,36)/t26-/m1/s1. The van der Waals surface area contributed by atoms with E-state index in [4.69, 9.17) is 11.6 Å². The van der Waals surface area contributed by atoms with Crippen LogP contribution in [0.5, 0.6) is 0 Å². The van der Waals surface area contributed by atoms with Gasteiger partial charge in [0.2, 0.25) is 11.8 Å². The van der Waals surface area contributed by atoms with Gasteiger partial charge in [-0.15, -0.1) is 0 Å². The van der Waals surface area contributed by atoms with Crippen molar-refractivity contribution in [1.29, 1.82) is 0 Å². The van der Waals surface area contributed by atoms with Gasteiger partial charge in [-0.3, -0.25) is 13.9 Å². The topological polar surface area (TPSA) is 86.8 Å². The van der Waals surface area contributed by atoms with E-state index in [2.05, 4.69) is 27.9 Å². The van der Waals surface area contributed by atoms with Crippen LogP contribution in [0.1, 0.15) is 39.7 Å². The van der Waals surface area contributed by atoms with Gasteiger partial charge in [0.25, 0.3) is 10.0 Å². The third-order valence-corrected chi connectivity index (χ3v) is 8.63. The molecule has 0 bridgehead atoms. The van der Waals surface area contributed by atoms with Gasteiger partial charge in [-0.1, -0.05) is 48.9 Å². The number of benzene rings is 3. The summed E-state index contributed by atoms with van der Waals surface area (Å²) < 4.78 is 29.6. The van der Waals surface area contributed by atoms with Gasteiger partial charge in [0, 0.05) is 20.7 Å². The summed E-state index contributed by atoms with van der Waals surface area (Å²) in [6, 6.07) is 21.1. The summed E-state index contributed by atoms with van der Waals surface area (Å²) in [5.74, 6) is -0.807. The van der Waals surface area contributed by atoms with Crippen molar-refractivity contribution in [3.63, 3.8) is 0 Å².